The summed E-state index contributed by atoms with van der Waals surface area (Å²) in [5.41, 5.74) is 2.99. The lowest BCUT2D eigenvalue weighted by molar-refractivity contribution is 0.0950. The number of benzene rings is 2. The van der Waals surface area contributed by atoms with Gasteiger partial charge >= 0.3 is 0 Å². The lowest BCUT2D eigenvalue weighted by Crippen LogP contribution is -2.43. The normalized spacial score (nSPS) is 19.0. The topological polar surface area (TPSA) is 86.6 Å². The lowest BCUT2D eigenvalue weighted by Gasteiger charge is -2.28. The van der Waals surface area contributed by atoms with E-state index >= 15 is 0 Å². The fraction of sp³-hybridized carbons (Fsp3) is 0.467. The number of pyridine rings is 1. The van der Waals surface area contributed by atoms with Gasteiger partial charge in [-0.05, 0) is 84.5 Å². The van der Waals surface area contributed by atoms with Gasteiger partial charge in [-0.15, -0.1) is 0 Å². The summed E-state index contributed by atoms with van der Waals surface area (Å²) in [6, 6.07) is 8.91. The molecule has 1 aromatic heterocycles. The van der Waals surface area contributed by atoms with Crippen LogP contribution in [0.2, 0.25) is 0 Å². The zero-order chi connectivity index (χ0) is 26.4. The molecule has 0 atom stereocenters. The van der Waals surface area contributed by atoms with E-state index < -0.39 is 5.82 Å². The van der Waals surface area contributed by atoms with Gasteiger partial charge in [-0.2, -0.15) is 0 Å². The van der Waals surface area contributed by atoms with Crippen LogP contribution in [-0.2, 0) is 13.1 Å². The molecule has 3 N–H and O–H groups in total. The van der Waals surface area contributed by atoms with Crippen molar-refractivity contribution in [3.63, 3.8) is 0 Å². The van der Waals surface area contributed by atoms with Crippen LogP contribution in [0.3, 0.4) is 0 Å². The minimum absolute atomic E-state index is 0.0733. The zero-order valence-electron chi connectivity index (χ0n) is 21.9. The minimum Gasteiger partial charge on any atom is -0.396 e. The summed E-state index contributed by atoms with van der Waals surface area (Å²) in [6.07, 6.45) is 5.74. The molecule has 38 heavy (non-hydrogen) atoms. The summed E-state index contributed by atoms with van der Waals surface area (Å²) in [7, 11) is 0. The Kier molecular flexibility index (Phi) is 6.58. The first kappa shape index (κ1) is 25.2. The van der Waals surface area contributed by atoms with Crippen molar-refractivity contribution >= 4 is 16.7 Å². The molecule has 8 heteroatoms. The molecule has 2 aliphatic carbocycles. The minimum atomic E-state index is -0.418. The number of amides is 1. The summed E-state index contributed by atoms with van der Waals surface area (Å²) in [5, 5.41) is 17.7. The molecular weight excluding hydrogens is 483 g/mol. The number of nitrogens with zero attached hydrogens (tertiary/aromatic N) is 2. The molecule has 2 aromatic carbocycles. The molecule has 1 amide bonds. The smallest absolute Gasteiger partial charge is 0.258 e. The molecule has 2 saturated carbocycles. The molecule has 0 bridgehead atoms. The second-order valence-corrected chi connectivity index (χ2v) is 11.4. The van der Waals surface area contributed by atoms with E-state index in [1.165, 1.54) is 6.07 Å². The first-order valence-electron chi connectivity index (χ1n) is 13.7. The number of hydrogen-bond donors (Lipinski definition) is 3. The highest BCUT2D eigenvalue weighted by molar-refractivity contribution is 5.97. The van der Waals surface area contributed by atoms with Gasteiger partial charge in [-0.25, -0.2) is 4.39 Å². The van der Waals surface area contributed by atoms with Crippen LogP contribution < -0.4 is 16.2 Å². The predicted molar refractivity (Wildman–Crippen MR) is 146 cm³/mol. The van der Waals surface area contributed by atoms with Crippen molar-refractivity contribution in [2.24, 2.45) is 5.41 Å². The molecule has 0 spiro atoms. The molecule has 3 aliphatic rings. The molecule has 1 aliphatic heterocycles. The number of carbonyl (C=O) groups excluding carboxylic acids is 1. The van der Waals surface area contributed by atoms with Gasteiger partial charge in [0.05, 0.1) is 6.61 Å². The second kappa shape index (κ2) is 9.91. The van der Waals surface area contributed by atoms with E-state index in [0.717, 1.165) is 68.4 Å². The molecule has 2 heterocycles. The molecule has 3 fully saturated rings. The Labute approximate surface area is 221 Å². The number of fused-ring (bicyclic) bond motifs is 1. The highest BCUT2D eigenvalue weighted by Gasteiger charge is 2.42. The van der Waals surface area contributed by atoms with Gasteiger partial charge < -0.3 is 20.3 Å². The van der Waals surface area contributed by atoms with Crippen molar-refractivity contribution in [3.05, 3.63) is 69.4 Å². The molecule has 200 valence electrons. The van der Waals surface area contributed by atoms with Gasteiger partial charge in [0.1, 0.15) is 5.82 Å². The van der Waals surface area contributed by atoms with Crippen LogP contribution in [0.1, 0.15) is 47.2 Å². The molecule has 3 aromatic rings. The van der Waals surface area contributed by atoms with Crippen LogP contribution >= 0.6 is 0 Å². The summed E-state index contributed by atoms with van der Waals surface area (Å²) >= 11 is 0. The Hall–Kier alpha value is -3.07. The van der Waals surface area contributed by atoms with Gasteiger partial charge in [-0.1, -0.05) is 6.07 Å². The summed E-state index contributed by atoms with van der Waals surface area (Å²) < 4.78 is 16.8. The van der Waals surface area contributed by atoms with E-state index in [1.54, 1.807) is 17.6 Å². The van der Waals surface area contributed by atoms with Crippen LogP contribution in [0.25, 0.3) is 21.9 Å². The number of rotatable bonds is 8. The quantitative estimate of drug-likeness (QED) is 0.427. The van der Waals surface area contributed by atoms with E-state index in [9.17, 15) is 19.1 Å². The van der Waals surface area contributed by atoms with Gasteiger partial charge in [0.15, 0.2) is 0 Å². The molecule has 7 nitrogen and oxygen atoms in total. The van der Waals surface area contributed by atoms with E-state index in [1.807, 2.05) is 24.4 Å². The largest absolute Gasteiger partial charge is 0.396 e. The average molecular weight is 519 g/mol. The van der Waals surface area contributed by atoms with Crippen molar-refractivity contribution < 1.29 is 14.3 Å². The van der Waals surface area contributed by atoms with Crippen LogP contribution in [0.5, 0.6) is 0 Å². The molecule has 1 saturated heterocycles. The Bertz CT molecular complexity index is 1450. The highest BCUT2D eigenvalue weighted by Crippen LogP contribution is 2.46. The van der Waals surface area contributed by atoms with Gasteiger partial charge in [0.25, 0.3) is 11.5 Å². The Morgan fingerprint density at radius 3 is 2.61 bits per heavy atom. The number of halogens is 1. The lowest BCUT2D eigenvalue weighted by atomic mass is 9.94. The molecular formula is C30H35FN4O3. The van der Waals surface area contributed by atoms with E-state index in [4.69, 9.17) is 0 Å². The van der Waals surface area contributed by atoms with Crippen LogP contribution in [0.15, 0.2) is 41.3 Å². The van der Waals surface area contributed by atoms with E-state index in [-0.39, 0.29) is 29.5 Å². The molecule has 0 unspecified atom stereocenters. The van der Waals surface area contributed by atoms with Gasteiger partial charge in [0, 0.05) is 67.9 Å². The number of nitrogens with one attached hydrogen (secondary N) is 2. The number of hydrogen-bond acceptors (Lipinski definition) is 5. The monoisotopic (exact) mass is 518 g/mol. The Morgan fingerprint density at radius 1 is 1.16 bits per heavy atom. The number of carbonyl (C=O) groups is 1. The highest BCUT2D eigenvalue weighted by atomic mass is 19.1. The van der Waals surface area contributed by atoms with Crippen molar-refractivity contribution in [2.75, 3.05) is 32.8 Å². The van der Waals surface area contributed by atoms with Crippen LogP contribution in [-0.4, -0.2) is 59.3 Å². The van der Waals surface area contributed by atoms with Crippen LogP contribution in [0, 0.1) is 18.2 Å². The molecule has 6 rings (SSSR count). The fourth-order valence-corrected chi connectivity index (χ4v) is 5.50. The van der Waals surface area contributed by atoms with Crippen molar-refractivity contribution in [2.45, 2.75) is 51.7 Å². The maximum Gasteiger partial charge on any atom is 0.258 e. The number of piperazine rings is 1. The Morgan fingerprint density at radius 2 is 1.92 bits per heavy atom. The number of aliphatic hydroxyl groups excluding tert-OH is 1. The first-order valence-corrected chi connectivity index (χ1v) is 13.7. The van der Waals surface area contributed by atoms with Crippen molar-refractivity contribution in [1.29, 1.82) is 0 Å². The third-order valence-electron chi connectivity index (χ3n) is 8.40. The Balaban J connectivity index is 1.44. The van der Waals surface area contributed by atoms with Crippen molar-refractivity contribution in [3.8, 4) is 11.1 Å². The third-order valence-corrected chi connectivity index (χ3v) is 8.40. The zero-order valence-corrected chi connectivity index (χ0v) is 21.9. The molecule has 0 radical (unpaired) electrons. The average Bonchev–Trinajstić information content (AvgIpc) is 3.86. The predicted octanol–water partition coefficient (Wildman–Crippen LogP) is 3.19. The van der Waals surface area contributed by atoms with E-state index in [2.05, 4.69) is 15.5 Å². The van der Waals surface area contributed by atoms with E-state index in [0.29, 0.717) is 35.2 Å². The summed E-state index contributed by atoms with van der Waals surface area (Å²) in [5.74, 6) is -0.674. The maximum atomic E-state index is 15.0. The van der Waals surface area contributed by atoms with Crippen molar-refractivity contribution in [1.82, 2.24) is 20.1 Å². The summed E-state index contributed by atoms with van der Waals surface area (Å²) in [4.78, 5) is 28.6. The van der Waals surface area contributed by atoms with Gasteiger partial charge in [0.2, 0.25) is 0 Å². The maximum absolute atomic E-state index is 15.0. The van der Waals surface area contributed by atoms with Gasteiger partial charge in [-0.3, -0.25) is 14.5 Å². The van der Waals surface area contributed by atoms with Crippen LogP contribution in [0.4, 0.5) is 4.39 Å². The number of aliphatic hydroxyl groups is 1. The standard InChI is InChI=1S/C30H35FN4O3/c1-19-25(13-21(14-27(19)31)28(37)33-23-3-4-23)20-2-5-24-26(12-20)22(15-34-10-8-32-9-11-34)16-35(29(24)38)17-30(18-36)6-7-30/h2,5,12-14,16,23,32,36H,3-4,6-11,15,17-18H2,1H3,(H,33,37). The fourth-order valence-electron chi connectivity index (χ4n) is 5.50. The number of aromatic nitrogens is 1. The SMILES string of the molecule is Cc1c(F)cc(C(=O)NC2CC2)cc1-c1ccc2c(=O)n(CC3(CO)CC3)cc(CN3CCNCC3)c2c1. The summed E-state index contributed by atoms with van der Waals surface area (Å²) in [6.45, 7) is 6.70. The third kappa shape index (κ3) is 5.00. The second-order valence-electron chi connectivity index (χ2n) is 11.4. The first-order chi connectivity index (χ1) is 18.4.